The number of nitrogens with one attached hydrogen (secondary N) is 3. The third-order valence-corrected chi connectivity index (χ3v) is 9.83. The zero-order chi connectivity index (χ0) is 29.9. The number of likely N-dealkylation sites (N-methyl/N-ethyl adjacent to an activating group) is 1. The zero-order valence-electron chi connectivity index (χ0n) is 25.2. The summed E-state index contributed by atoms with van der Waals surface area (Å²) in [6.07, 6.45) is 7.10. The number of anilines is 1. The Balaban J connectivity index is 1.30. The molecule has 43 heavy (non-hydrogen) atoms. The molecule has 3 N–H and O–H groups in total. The van der Waals surface area contributed by atoms with Gasteiger partial charge in [-0.25, -0.2) is 0 Å². The number of carbonyl (C=O) groups excluding carboxylic acids is 3. The largest absolute Gasteiger partial charge is 0.485 e. The summed E-state index contributed by atoms with van der Waals surface area (Å²) in [5, 5.41) is 9.49. The minimum Gasteiger partial charge on any atom is -0.485 e. The average molecular weight is 586 g/mol. The summed E-state index contributed by atoms with van der Waals surface area (Å²) in [6.45, 7) is 3.27. The van der Waals surface area contributed by atoms with Gasteiger partial charge in [0.2, 0.25) is 17.7 Å². The van der Waals surface area contributed by atoms with Gasteiger partial charge in [-0.1, -0.05) is 50.5 Å². The molecule has 2 aromatic carbocycles. The first-order valence-corrected chi connectivity index (χ1v) is 16.0. The van der Waals surface area contributed by atoms with Gasteiger partial charge in [-0.15, -0.1) is 0 Å². The first kappa shape index (κ1) is 29.3. The third-order valence-electron chi connectivity index (χ3n) is 9.83. The highest BCUT2D eigenvalue weighted by atomic mass is 16.5. The smallest absolute Gasteiger partial charge is 0.246 e. The number of hydrogen-bond donors (Lipinski definition) is 3. The van der Waals surface area contributed by atoms with Crippen LogP contribution < -0.4 is 25.6 Å². The van der Waals surface area contributed by atoms with Crippen LogP contribution in [0.25, 0.3) is 0 Å². The molecule has 5 atom stereocenters. The molecule has 1 saturated carbocycles. The van der Waals surface area contributed by atoms with Gasteiger partial charge in [0, 0.05) is 30.8 Å². The first-order chi connectivity index (χ1) is 21.0. The lowest BCUT2D eigenvalue weighted by atomic mass is 9.82. The van der Waals surface area contributed by atoms with E-state index in [1.807, 2.05) is 25.1 Å². The lowest BCUT2D eigenvalue weighted by Gasteiger charge is -2.46. The van der Waals surface area contributed by atoms with E-state index in [1.54, 1.807) is 18.0 Å². The standard InChI is InChI=1S/C34H43N5O4/c1-3-26(35-2)32(40)37-31(22-11-5-4-6-12-22)34(42)39-20-24-19-23-13-7-9-15-28(23)38(24)21-29(39)33(41)36-27-17-18-43-30-16-10-8-14-25(27)30/h7-9,13-15,22,24,26-27,29,31,35H,3-6,11-12,17-21H2,1-2H3,(H,36,41)(H,37,40)/t24?,26-,27+,29-,31?/m0/s1. The molecule has 1 saturated heterocycles. The number of piperazine rings is 1. The fourth-order valence-electron chi connectivity index (χ4n) is 7.48. The van der Waals surface area contributed by atoms with Crippen molar-refractivity contribution in [2.75, 3.05) is 31.6 Å². The van der Waals surface area contributed by atoms with Crippen molar-refractivity contribution >= 4 is 23.4 Å². The second-order valence-corrected chi connectivity index (χ2v) is 12.4. The number of para-hydroxylation sites is 1. The Kier molecular flexibility index (Phi) is 8.75. The van der Waals surface area contributed by atoms with Crippen molar-refractivity contribution in [3.05, 3.63) is 59.7 Å². The summed E-state index contributed by atoms with van der Waals surface area (Å²) in [4.78, 5) is 46.3. The molecule has 3 aliphatic heterocycles. The molecule has 1 aliphatic carbocycles. The molecule has 2 aromatic rings. The number of fused-ring (bicyclic) bond motifs is 4. The minimum atomic E-state index is -0.699. The lowest BCUT2D eigenvalue weighted by molar-refractivity contribution is -0.146. The summed E-state index contributed by atoms with van der Waals surface area (Å²) in [6, 6.07) is 16.1. The molecule has 0 radical (unpaired) electrons. The summed E-state index contributed by atoms with van der Waals surface area (Å²) in [7, 11) is 1.77. The molecule has 228 valence electrons. The van der Waals surface area contributed by atoms with E-state index in [2.05, 4.69) is 45.1 Å². The topological polar surface area (TPSA) is 103 Å². The van der Waals surface area contributed by atoms with Crippen molar-refractivity contribution in [3.63, 3.8) is 0 Å². The molecule has 0 spiro atoms. The number of rotatable bonds is 8. The van der Waals surface area contributed by atoms with Crippen molar-refractivity contribution in [3.8, 4) is 5.75 Å². The lowest BCUT2D eigenvalue weighted by Crippen LogP contribution is -2.67. The molecule has 2 unspecified atom stereocenters. The van der Waals surface area contributed by atoms with Gasteiger partial charge in [0.05, 0.1) is 24.7 Å². The molecule has 4 aliphatic rings. The van der Waals surface area contributed by atoms with Gasteiger partial charge in [0.15, 0.2) is 5.75 Å². The first-order valence-electron chi connectivity index (χ1n) is 16.0. The molecule has 9 nitrogen and oxygen atoms in total. The maximum atomic E-state index is 14.7. The quantitative estimate of drug-likeness (QED) is 0.441. The fraction of sp³-hybridized carbons (Fsp3) is 0.559. The molecular weight excluding hydrogens is 542 g/mol. The summed E-state index contributed by atoms with van der Waals surface area (Å²) >= 11 is 0. The molecular formula is C34H43N5O4. The molecule has 0 bridgehead atoms. The van der Waals surface area contributed by atoms with Crippen LogP contribution in [0.2, 0.25) is 0 Å². The Bertz CT molecular complexity index is 1320. The summed E-state index contributed by atoms with van der Waals surface area (Å²) in [5.41, 5.74) is 3.25. The minimum absolute atomic E-state index is 0.0521. The Morgan fingerprint density at radius 1 is 1.07 bits per heavy atom. The van der Waals surface area contributed by atoms with Crippen molar-refractivity contribution < 1.29 is 19.1 Å². The van der Waals surface area contributed by atoms with Gasteiger partial charge in [0.1, 0.15) is 12.1 Å². The predicted molar refractivity (Wildman–Crippen MR) is 164 cm³/mol. The van der Waals surface area contributed by atoms with Crippen LogP contribution in [-0.2, 0) is 20.8 Å². The maximum Gasteiger partial charge on any atom is 0.246 e. The van der Waals surface area contributed by atoms with Crippen molar-refractivity contribution in [1.82, 2.24) is 20.9 Å². The van der Waals surface area contributed by atoms with E-state index in [-0.39, 0.29) is 41.8 Å². The second kappa shape index (κ2) is 12.8. The number of nitrogens with zero attached hydrogens (tertiary/aromatic N) is 2. The van der Waals surface area contributed by atoms with Crippen LogP contribution in [0.5, 0.6) is 5.75 Å². The normalized spacial score (nSPS) is 24.4. The molecule has 3 heterocycles. The summed E-state index contributed by atoms with van der Waals surface area (Å²) in [5.74, 6) is 0.179. The molecule has 2 fully saturated rings. The molecule has 9 heteroatoms. The highest BCUT2D eigenvalue weighted by Crippen LogP contribution is 2.37. The third kappa shape index (κ3) is 5.90. The Labute approximate surface area is 254 Å². The van der Waals surface area contributed by atoms with Crippen molar-refractivity contribution in [2.45, 2.75) is 88.5 Å². The average Bonchev–Trinajstić information content (AvgIpc) is 3.41. The van der Waals surface area contributed by atoms with Gasteiger partial charge in [0.25, 0.3) is 0 Å². The van der Waals surface area contributed by atoms with Crippen LogP contribution in [0.15, 0.2) is 36.4 Å². The van der Waals surface area contributed by atoms with E-state index >= 15 is 0 Å². The van der Waals surface area contributed by atoms with Crippen molar-refractivity contribution in [2.24, 2.45) is 5.92 Å². The monoisotopic (exact) mass is 585 g/mol. The SMILES string of the molecule is CC[C@H](NC)C(=O)NC(C(=O)N1CC2Cc3ccccc3N2C[C@H]1C(=O)N[C@@H]1CCOc2c#cccc21)C1CCCCC1. The van der Waals surface area contributed by atoms with E-state index in [1.165, 1.54) is 5.56 Å². The maximum absolute atomic E-state index is 14.7. The van der Waals surface area contributed by atoms with Crippen molar-refractivity contribution in [1.29, 1.82) is 0 Å². The summed E-state index contributed by atoms with van der Waals surface area (Å²) < 4.78 is 5.75. The number of ether oxygens (including phenoxy) is 1. The molecule has 3 amide bonds. The Morgan fingerprint density at radius 3 is 2.67 bits per heavy atom. The van der Waals surface area contributed by atoms with Gasteiger partial charge in [-0.3, -0.25) is 14.4 Å². The van der Waals surface area contributed by atoms with Crippen LogP contribution in [0.3, 0.4) is 0 Å². The van der Waals surface area contributed by atoms with Gasteiger partial charge in [-0.05, 0) is 68.5 Å². The van der Waals surface area contributed by atoms with Gasteiger partial charge >= 0.3 is 0 Å². The van der Waals surface area contributed by atoms with Crippen LogP contribution in [0.1, 0.15) is 69.0 Å². The highest BCUT2D eigenvalue weighted by molar-refractivity contribution is 5.94. The molecule has 0 aromatic heterocycles. The highest BCUT2D eigenvalue weighted by Gasteiger charge is 2.46. The number of amides is 3. The fourth-order valence-corrected chi connectivity index (χ4v) is 7.48. The van der Waals surface area contributed by atoms with E-state index in [4.69, 9.17) is 4.74 Å². The van der Waals surface area contributed by atoms with E-state index in [0.29, 0.717) is 38.3 Å². The van der Waals surface area contributed by atoms with E-state index < -0.39 is 12.1 Å². The van der Waals surface area contributed by atoms with Gasteiger partial charge in [-0.2, -0.15) is 0 Å². The molecule has 6 rings (SSSR count). The van der Waals surface area contributed by atoms with E-state index in [0.717, 1.165) is 49.8 Å². The Hall–Kier alpha value is -3.77. The number of carbonyl (C=O) groups is 3. The number of benzene rings is 1. The van der Waals surface area contributed by atoms with Crippen LogP contribution >= 0.6 is 0 Å². The van der Waals surface area contributed by atoms with Crippen LogP contribution in [0.4, 0.5) is 5.69 Å². The van der Waals surface area contributed by atoms with Gasteiger partial charge < -0.3 is 30.5 Å². The zero-order valence-corrected chi connectivity index (χ0v) is 25.2. The predicted octanol–water partition coefficient (Wildman–Crippen LogP) is 2.93. The number of hydrogen-bond acceptors (Lipinski definition) is 6. The second-order valence-electron chi connectivity index (χ2n) is 12.4. The van der Waals surface area contributed by atoms with Crippen LogP contribution in [-0.4, -0.2) is 73.5 Å². The van der Waals surface area contributed by atoms with E-state index in [9.17, 15) is 14.4 Å². The van der Waals surface area contributed by atoms with Crippen LogP contribution in [0, 0.1) is 18.1 Å². The Morgan fingerprint density at radius 2 is 1.88 bits per heavy atom.